The number of rotatable bonds is 5. The van der Waals surface area contributed by atoms with Crippen LogP contribution in [0.1, 0.15) is 10.4 Å². The van der Waals surface area contributed by atoms with Gasteiger partial charge in [0.15, 0.2) is 22.6 Å². The van der Waals surface area contributed by atoms with E-state index >= 15 is 0 Å². The van der Waals surface area contributed by atoms with Crippen LogP contribution in [-0.2, 0) is 4.79 Å². The molecule has 0 aliphatic carbocycles. The SMILES string of the molecule is N#CC(C(=O)Nc1nccs1)C(=O)c1cc(O)c(O)c([N+](=O)[O-])c1. The van der Waals surface area contributed by atoms with Crippen molar-refractivity contribution >= 4 is 33.8 Å². The molecule has 3 N–H and O–H groups in total. The highest BCUT2D eigenvalue weighted by Crippen LogP contribution is 2.36. The molecule has 0 bridgehead atoms. The number of carbonyl (C=O) groups is 2. The first-order valence-electron chi connectivity index (χ1n) is 6.19. The molecule has 1 heterocycles. The predicted octanol–water partition coefficient (Wildman–Crippen LogP) is 1.42. The van der Waals surface area contributed by atoms with Crippen LogP contribution in [0, 0.1) is 27.4 Å². The van der Waals surface area contributed by atoms with Crippen LogP contribution in [0.4, 0.5) is 10.8 Å². The first-order chi connectivity index (χ1) is 11.3. The Bertz CT molecular complexity index is 858. The molecule has 11 heteroatoms. The topological polar surface area (TPSA) is 166 Å². The highest BCUT2D eigenvalue weighted by atomic mass is 32.1. The maximum absolute atomic E-state index is 12.3. The minimum Gasteiger partial charge on any atom is -0.504 e. The summed E-state index contributed by atoms with van der Waals surface area (Å²) < 4.78 is 0. The van der Waals surface area contributed by atoms with Crippen LogP contribution in [0.3, 0.4) is 0 Å². The third-order valence-corrected chi connectivity index (χ3v) is 3.56. The molecule has 1 amide bonds. The molecule has 1 aromatic carbocycles. The number of nitrogens with zero attached hydrogens (tertiary/aromatic N) is 3. The van der Waals surface area contributed by atoms with Crippen LogP contribution >= 0.6 is 11.3 Å². The van der Waals surface area contributed by atoms with Gasteiger partial charge in [0.2, 0.25) is 5.75 Å². The van der Waals surface area contributed by atoms with Crippen molar-refractivity contribution in [3.8, 4) is 17.6 Å². The Hall–Kier alpha value is -3.52. The number of phenolic OH excluding ortho intramolecular Hbond substituents is 2. The van der Waals surface area contributed by atoms with Crippen molar-refractivity contribution in [1.82, 2.24) is 4.98 Å². The zero-order chi connectivity index (χ0) is 17.9. The van der Waals surface area contributed by atoms with Crippen LogP contribution in [0.2, 0.25) is 0 Å². The molecule has 2 aromatic rings. The van der Waals surface area contributed by atoms with Crippen molar-refractivity contribution in [3.63, 3.8) is 0 Å². The van der Waals surface area contributed by atoms with Gasteiger partial charge in [-0.1, -0.05) is 0 Å². The molecular formula is C13H8N4O6S. The molecule has 0 saturated heterocycles. The number of hydrogen-bond acceptors (Lipinski definition) is 9. The molecule has 0 aliphatic heterocycles. The summed E-state index contributed by atoms with van der Waals surface area (Å²) in [7, 11) is 0. The molecule has 0 spiro atoms. The molecular weight excluding hydrogens is 340 g/mol. The highest BCUT2D eigenvalue weighted by molar-refractivity contribution is 7.13. The summed E-state index contributed by atoms with van der Waals surface area (Å²) in [5.41, 5.74) is -1.38. The van der Waals surface area contributed by atoms with Gasteiger partial charge >= 0.3 is 5.69 Å². The van der Waals surface area contributed by atoms with Gasteiger partial charge in [-0.15, -0.1) is 11.3 Å². The summed E-state index contributed by atoms with van der Waals surface area (Å²) in [4.78, 5) is 37.8. The van der Waals surface area contributed by atoms with Crippen molar-refractivity contribution in [2.45, 2.75) is 0 Å². The van der Waals surface area contributed by atoms with Crippen molar-refractivity contribution in [3.05, 3.63) is 39.4 Å². The Balaban J connectivity index is 2.33. The second-order valence-electron chi connectivity index (χ2n) is 4.37. The number of aromatic hydroxyl groups is 2. The number of hydrogen-bond donors (Lipinski definition) is 3. The van der Waals surface area contributed by atoms with Gasteiger partial charge in [0.05, 0.1) is 11.0 Å². The van der Waals surface area contributed by atoms with E-state index in [4.69, 9.17) is 5.26 Å². The fourth-order valence-corrected chi connectivity index (χ4v) is 2.28. The number of amides is 1. The van der Waals surface area contributed by atoms with Crippen LogP contribution in [0.25, 0.3) is 0 Å². The summed E-state index contributed by atoms with van der Waals surface area (Å²) in [6.45, 7) is 0. The summed E-state index contributed by atoms with van der Waals surface area (Å²) in [5.74, 6) is -5.77. The second kappa shape index (κ2) is 6.71. The zero-order valence-corrected chi connectivity index (χ0v) is 12.5. The van der Waals surface area contributed by atoms with E-state index in [-0.39, 0.29) is 5.13 Å². The Labute approximate surface area is 137 Å². The number of thiazole rings is 1. The standard InChI is InChI=1S/C13H8N4O6S/c14-5-7(12(21)16-13-15-1-2-24-13)10(19)6-3-8(17(22)23)11(20)9(18)4-6/h1-4,7,18,20H,(H,15,16,21). The minimum absolute atomic E-state index is 0.174. The van der Waals surface area contributed by atoms with Crippen molar-refractivity contribution in [2.75, 3.05) is 5.32 Å². The molecule has 24 heavy (non-hydrogen) atoms. The smallest absolute Gasteiger partial charge is 0.315 e. The molecule has 0 radical (unpaired) electrons. The van der Waals surface area contributed by atoms with Crippen molar-refractivity contribution in [1.29, 1.82) is 5.26 Å². The largest absolute Gasteiger partial charge is 0.504 e. The average Bonchev–Trinajstić information content (AvgIpc) is 3.02. The van der Waals surface area contributed by atoms with E-state index in [0.717, 1.165) is 17.4 Å². The second-order valence-corrected chi connectivity index (χ2v) is 5.27. The number of nitro groups is 1. The van der Waals surface area contributed by atoms with E-state index in [9.17, 15) is 29.9 Å². The summed E-state index contributed by atoms with van der Waals surface area (Å²) in [6.07, 6.45) is 1.41. The normalized spacial score (nSPS) is 11.3. The molecule has 0 fully saturated rings. The molecule has 10 nitrogen and oxygen atoms in total. The lowest BCUT2D eigenvalue weighted by molar-refractivity contribution is -0.386. The first-order valence-corrected chi connectivity index (χ1v) is 7.07. The Morgan fingerprint density at radius 1 is 1.42 bits per heavy atom. The highest BCUT2D eigenvalue weighted by Gasteiger charge is 2.31. The number of aromatic nitrogens is 1. The van der Waals surface area contributed by atoms with E-state index < -0.39 is 45.3 Å². The maximum atomic E-state index is 12.3. The molecule has 122 valence electrons. The van der Waals surface area contributed by atoms with Crippen LogP contribution in [0.15, 0.2) is 23.7 Å². The summed E-state index contributed by atoms with van der Waals surface area (Å²) >= 11 is 1.07. The van der Waals surface area contributed by atoms with Crippen LogP contribution < -0.4 is 5.32 Å². The van der Waals surface area contributed by atoms with Gasteiger partial charge in [0, 0.05) is 23.2 Å². The predicted molar refractivity (Wildman–Crippen MR) is 80.6 cm³/mol. The van der Waals surface area contributed by atoms with Gasteiger partial charge in [-0.25, -0.2) is 4.98 Å². The van der Waals surface area contributed by atoms with Gasteiger partial charge in [-0.2, -0.15) is 5.26 Å². The molecule has 1 aromatic heterocycles. The molecule has 0 saturated carbocycles. The quantitative estimate of drug-likeness (QED) is 0.240. The molecule has 1 unspecified atom stereocenters. The third-order valence-electron chi connectivity index (χ3n) is 2.87. The van der Waals surface area contributed by atoms with Crippen molar-refractivity contribution < 1.29 is 24.7 Å². The van der Waals surface area contributed by atoms with Gasteiger partial charge in [0.1, 0.15) is 0 Å². The van der Waals surface area contributed by atoms with E-state index in [0.29, 0.717) is 6.07 Å². The lowest BCUT2D eigenvalue weighted by atomic mass is 9.97. The number of nitrogens with one attached hydrogen (secondary N) is 1. The van der Waals surface area contributed by atoms with Gasteiger partial charge < -0.3 is 15.5 Å². The van der Waals surface area contributed by atoms with Gasteiger partial charge in [0.25, 0.3) is 5.91 Å². The summed E-state index contributed by atoms with van der Waals surface area (Å²) in [5, 5.41) is 42.8. The van der Waals surface area contributed by atoms with E-state index in [1.165, 1.54) is 12.3 Å². The number of benzene rings is 1. The number of carbonyl (C=O) groups excluding carboxylic acids is 2. The average molecular weight is 348 g/mol. The van der Waals surface area contributed by atoms with E-state index in [1.54, 1.807) is 5.38 Å². The van der Waals surface area contributed by atoms with Crippen LogP contribution in [-0.4, -0.2) is 31.8 Å². The Morgan fingerprint density at radius 3 is 2.67 bits per heavy atom. The van der Waals surface area contributed by atoms with Gasteiger partial charge in [-0.05, 0) is 6.07 Å². The summed E-state index contributed by atoms with van der Waals surface area (Å²) in [6, 6.07) is 2.92. The minimum atomic E-state index is -1.81. The number of nitro benzene ring substituents is 1. The molecule has 0 aliphatic rings. The lowest BCUT2D eigenvalue weighted by Gasteiger charge is -2.09. The number of anilines is 1. The van der Waals surface area contributed by atoms with E-state index in [1.807, 2.05) is 0 Å². The van der Waals surface area contributed by atoms with E-state index in [2.05, 4.69) is 10.3 Å². The van der Waals surface area contributed by atoms with Crippen LogP contribution in [0.5, 0.6) is 11.5 Å². The monoisotopic (exact) mass is 348 g/mol. The number of Topliss-reactive ketones (excluding diaryl/α,β-unsaturated/α-hetero) is 1. The van der Waals surface area contributed by atoms with Crippen molar-refractivity contribution in [2.24, 2.45) is 5.92 Å². The first kappa shape index (κ1) is 16.8. The number of ketones is 1. The van der Waals surface area contributed by atoms with Gasteiger partial charge in [-0.3, -0.25) is 19.7 Å². The Morgan fingerprint density at radius 2 is 2.12 bits per heavy atom. The zero-order valence-electron chi connectivity index (χ0n) is 11.7. The molecule has 2 rings (SSSR count). The Kier molecular flexibility index (Phi) is 4.71. The lowest BCUT2D eigenvalue weighted by Crippen LogP contribution is -2.28. The number of nitriles is 1. The molecule has 1 atom stereocenters. The third kappa shape index (κ3) is 3.28. The fraction of sp³-hybridized carbons (Fsp3) is 0.0769. The fourth-order valence-electron chi connectivity index (χ4n) is 1.75. The number of phenols is 2. The maximum Gasteiger partial charge on any atom is 0.315 e.